The number of ether oxygens (including phenoxy) is 1. The summed E-state index contributed by atoms with van der Waals surface area (Å²) in [6.45, 7) is 10.7. The summed E-state index contributed by atoms with van der Waals surface area (Å²) in [5.74, 6) is 0.210. The molecule has 4 nitrogen and oxygen atoms in total. The second kappa shape index (κ2) is 9.68. The molecule has 0 saturated heterocycles. The highest BCUT2D eigenvalue weighted by atomic mass is 28.2. The van der Waals surface area contributed by atoms with Crippen molar-refractivity contribution in [3.8, 4) is 0 Å². The van der Waals surface area contributed by atoms with Crippen molar-refractivity contribution in [2.45, 2.75) is 59.4 Å². The summed E-state index contributed by atoms with van der Waals surface area (Å²) in [5, 5.41) is 0. The molecule has 0 unspecified atom stereocenters. The largest absolute Gasteiger partial charge is 0.469 e. The molecule has 1 atom stereocenters. The van der Waals surface area contributed by atoms with E-state index in [-0.39, 0.29) is 17.7 Å². The fraction of sp³-hybridized carbons (Fsp3) is 0.923. The van der Waals surface area contributed by atoms with Crippen molar-refractivity contribution >= 4 is 25.5 Å². The molecule has 0 saturated carbocycles. The maximum atomic E-state index is 11.2. The van der Waals surface area contributed by atoms with Crippen LogP contribution in [0.2, 0.25) is 13.1 Å². The van der Waals surface area contributed by atoms with E-state index in [1.807, 2.05) is 0 Å². The molecule has 0 bridgehead atoms. The van der Waals surface area contributed by atoms with Crippen molar-refractivity contribution < 1.29 is 18.4 Å². The SMILES string of the molecule is COC(=O)C[C@H](C)CCC(C)(C)C(O[SiH2]C)O[SiH2]C. The van der Waals surface area contributed by atoms with Gasteiger partial charge in [0.1, 0.15) is 6.29 Å². The highest BCUT2D eigenvalue weighted by Crippen LogP contribution is 2.32. The van der Waals surface area contributed by atoms with E-state index >= 15 is 0 Å². The third kappa shape index (κ3) is 7.86. The van der Waals surface area contributed by atoms with Crippen LogP contribution in [0.5, 0.6) is 0 Å². The molecule has 0 amide bonds. The normalized spacial score (nSPS) is 16.3. The van der Waals surface area contributed by atoms with Crippen LogP contribution < -0.4 is 0 Å². The Morgan fingerprint density at radius 2 is 1.74 bits per heavy atom. The Morgan fingerprint density at radius 1 is 1.21 bits per heavy atom. The van der Waals surface area contributed by atoms with Crippen LogP contribution in [0, 0.1) is 11.3 Å². The molecule has 6 heteroatoms. The molecule has 19 heavy (non-hydrogen) atoms. The summed E-state index contributed by atoms with van der Waals surface area (Å²) in [7, 11) is 0.502. The van der Waals surface area contributed by atoms with Gasteiger partial charge >= 0.3 is 5.97 Å². The van der Waals surface area contributed by atoms with E-state index in [0.717, 1.165) is 12.8 Å². The van der Waals surface area contributed by atoms with Crippen molar-refractivity contribution in [1.82, 2.24) is 0 Å². The Labute approximate surface area is 122 Å². The lowest BCUT2D eigenvalue weighted by molar-refractivity contribution is -0.141. The molecule has 114 valence electrons. The van der Waals surface area contributed by atoms with E-state index in [9.17, 15) is 4.79 Å². The molecule has 0 radical (unpaired) electrons. The van der Waals surface area contributed by atoms with E-state index in [1.165, 1.54) is 7.11 Å². The first-order valence-corrected chi connectivity index (χ1v) is 11.2. The molecule has 0 rings (SSSR count). The minimum Gasteiger partial charge on any atom is -0.469 e. The monoisotopic (exact) mass is 306 g/mol. The zero-order valence-electron chi connectivity index (χ0n) is 13.3. The standard InChI is InChI=1S/C13H30O4Si2/c1-10(9-11(14)15-4)7-8-13(2,3)12(16-18-5)17-19-6/h10,12H,7-9,18-19H2,1-6H3/t10-/m1/s1. The fourth-order valence-electron chi connectivity index (χ4n) is 2.01. The number of hydrogen-bond acceptors (Lipinski definition) is 4. The number of methoxy groups -OCH3 is 1. The molecule has 0 aromatic heterocycles. The van der Waals surface area contributed by atoms with E-state index < -0.39 is 19.5 Å². The van der Waals surface area contributed by atoms with Gasteiger partial charge in [0.05, 0.1) is 7.11 Å². The molecule has 0 aromatic carbocycles. The van der Waals surface area contributed by atoms with Crippen LogP contribution in [-0.2, 0) is 18.4 Å². The van der Waals surface area contributed by atoms with Gasteiger partial charge in [-0.1, -0.05) is 33.9 Å². The van der Waals surface area contributed by atoms with Crippen LogP contribution in [-0.4, -0.2) is 38.9 Å². The average Bonchev–Trinajstić information content (AvgIpc) is 2.36. The molecule has 0 aliphatic rings. The van der Waals surface area contributed by atoms with Crippen LogP contribution in [0.25, 0.3) is 0 Å². The Kier molecular flexibility index (Phi) is 9.59. The number of hydrogen-bond donors (Lipinski definition) is 0. The summed E-state index contributed by atoms with van der Waals surface area (Å²) in [6.07, 6.45) is 2.41. The van der Waals surface area contributed by atoms with Crippen LogP contribution in [0.15, 0.2) is 0 Å². The highest BCUT2D eigenvalue weighted by molar-refractivity contribution is 6.26. The van der Waals surface area contributed by atoms with Gasteiger partial charge in [-0.15, -0.1) is 0 Å². The lowest BCUT2D eigenvalue weighted by Gasteiger charge is -2.35. The topological polar surface area (TPSA) is 44.8 Å². The van der Waals surface area contributed by atoms with Crippen molar-refractivity contribution in [1.29, 1.82) is 0 Å². The van der Waals surface area contributed by atoms with Crippen molar-refractivity contribution in [2.24, 2.45) is 11.3 Å². The summed E-state index contributed by atoms with van der Waals surface area (Å²) >= 11 is 0. The molecule has 0 aliphatic carbocycles. The van der Waals surface area contributed by atoms with E-state index in [0.29, 0.717) is 12.3 Å². The predicted octanol–water partition coefficient (Wildman–Crippen LogP) is 1.62. The van der Waals surface area contributed by atoms with Gasteiger partial charge in [-0.05, 0) is 18.8 Å². The summed E-state index contributed by atoms with van der Waals surface area (Å²) < 4.78 is 16.4. The molecule has 0 heterocycles. The van der Waals surface area contributed by atoms with E-state index in [2.05, 4.69) is 33.9 Å². The molecule has 0 aliphatic heterocycles. The Morgan fingerprint density at radius 3 is 2.16 bits per heavy atom. The second-order valence-corrected chi connectivity index (χ2v) is 7.48. The molecular weight excluding hydrogens is 276 g/mol. The zero-order chi connectivity index (χ0) is 14.9. The van der Waals surface area contributed by atoms with Gasteiger partial charge in [-0.25, -0.2) is 0 Å². The molecule has 0 N–H and O–H groups in total. The van der Waals surface area contributed by atoms with E-state index in [1.54, 1.807) is 0 Å². The van der Waals surface area contributed by atoms with Crippen LogP contribution in [0.3, 0.4) is 0 Å². The predicted molar refractivity (Wildman–Crippen MR) is 83.6 cm³/mol. The minimum atomic E-state index is -0.469. The van der Waals surface area contributed by atoms with Crippen LogP contribution in [0.1, 0.15) is 40.0 Å². The highest BCUT2D eigenvalue weighted by Gasteiger charge is 2.30. The maximum Gasteiger partial charge on any atom is 0.305 e. The quantitative estimate of drug-likeness (QED) is 0.349. The van der Waals surface area contributed by atoms with Gasteiger partial charge in [0.15, 0.2) is 19.5 Å². The first kappa shape index (κ1) is 18.8. The lowest BCUT2D eigenvalue weighted by Crippen LogP contribution is -2.36. The Hall–Kier alpha value is -0.176. The Bertz CT molecular complexity index is 253. The fourth-order valence-corrected chi connectivity index (χ4v) is 3.90. The smallest absolute Gasteiger partial charge is 0.305 e. The molecular formula is C13H30O4Si2. The van der Waals surface area contributed by atoms with Gasteiger partial charge in [0, 0.05) is 11.8 Å². The maximum absolute atomic E-state index is 11.2. The molecule has 0 spiro atoms. The number of carbonyl (C=O) groups excluding carboxylic acids is 1. The third-order valence-corrected chi connectivity index (χ3v) is 4.57. The Balaban J connectivity index is 4.28. The summed E-state index contributed by atoms with van der Waals surface area (Å²) in [6, 6.07) is 0. The number of rotatable bonds is 10. The zero-order valence-corrected chi connectivity index (χ0v) is 16.2. The molecule has 0 aromatic rings. The van der Waals surface area contributed by atoms with E-state index in [4.69, 9.17) is 13.6 Å². The summed E-state index contributed by atoms with van der Waals surface area (Å²) in [5.41, 5.74) is 0.0103. The van der Waals surface area contributed by atoms with Crippen molar-refractivity contribution in [3.63, 3.8) is 0 Å². The second-order valence-electron chi connectivity index (χ2n) is 5.66. The third-order valence-electron chi connectivity index (χ3n) is 3.30. The number of carbonyl (C=O) groups is 1. The van der Waals surface area contributed by atoms with Gasteiger partial charge < -0.3 is 13.6 Å². The van der Waals surface area contributed by atoms with Gasteiger partial charge in [-0.2, -0.15) is 0 Å². The minimum absolute atomic E-state index is 0.0103. The lowest BCUT2D eigenvalue weighted by atomic mass is 9.84. The first-order chi connectivity index (χ1) is 8.87. The number of esters is 1. The van der Waals surface area contributed by atoms with Gasteiger partial charge in [-0.3, -0.25) is 4.79 Å². The molecule has 0 fully saturated rings. The van der Waals surface area contributed by atoms with Gasteiger partial charge in [0.2, 0.25) is 0 Å². The van der Waals surface area contributed by atoms with Crippen LogP contribution in [0.4, 0.5) is 0 Å². The average molecular weight is 307 g/mol. The summed E-state index contributed by atoms with van der Waals surface area (Å²) in [4.78, 5) is 11.2. The van der Waals surface area contributed by atoms with Gasteiger partial charge in [0.25, 0.3) is 0 Å². The van der Waals surface area contributed by atoms with Crippen LogP contribution >= 0.6 is 0 Å². The first-order valence-electron chi connectivity index (χ1n) is 7.17. The van der Waals surface area contributed by atoms with Crippen molar-refractivity contribution in [3.05, 3.63) is 0 Å². The van der Waals surface area contributed by atoms with Crippen molar-refractivity contribution in [2.75, 3.05) is 7.11 Å².